The molecule has 0 aromatic heterocycles. The van der Waals surface area contributed by atoms with Crippen LogP contribution in [0.1, 0.15) is 26.7 Å². The van der Waals surface area contributed by atoms with E-state index in [1.165, 1.54) is 0 Å². The van der Waals surface area contributed by atoms with Crippen molar-refractivity contribution in [2.45, 2.75) is 38.8 Å². The molecule has 1 heterocycles. The number of carbonyl (C=O) groups is 2. The Hall–Kier alpha value is -2.04. The van der Waals surface area contributed by atoms with Gasteiger partial charge in [-0.05, 0) is 37.1 Å². The molecule has 1 saturated heterocycles. The van der Waals surface area contributed by atoms with Crippen LogP contribution in [0, 0.1) is 0 Å². The number of ether oxygens (including phenoxy) is 1. The largest absolute Gasteiger partial charge is 0.497 e. The number of nitrogens with zero attached hydrogens (tertiary/aromatic N) is 1. The molecule has 2 amide bonds. The highest BCUT2D eigenvalue weighted by molar-refractivity contribution is 6.08. The molecule has 20 heavy (non-hydrogen) atoms. The molecule has 1 aromatic rings. The number of rotatable bonds is 4. The number of methoxy groups -OCH3 is 1. The van der Waals surface area contributed by atoms with Gasteiger partial charge < -0.3 is 10.1 Å². The fourth-order valence-corrected chi connectivity index (χ4v) is 2.46. The van der Waals surface area contributed by atoms with E-state index in [0.29, 0.717) is 12.8 Å². The molecule has 5 heteroatoms. The zero-order valence-electron chi connectivity index (χ0n) is 12.1. The second kappa shape index (κ2) is 5.94. The Bertz CT molecular complexity index is 498. The second-order valence-corrected chi connectivity index (χ2v) is 4.80. The molecule has 1 fully saturated rings. The van der Waals surface area contributed by atoms with Crippen molar-refractivity contribution in [3.8, 4) is 5.75 Å². The Morgan fingerprint density at radius 1 is 1.15 bits per heavy atom. The summed E-state index contributed by atoms with van der Waals surface area (Å²) in [4.78, 5) is 26.2. The summed E-state index contributed by atoms with van der Waals surface area (Å²) in [5.74, 6) is 0.585. The third-order valence-electron chi connectivity index (χ3n) is 3.61. The van der Waals surface area contributed by atoms with Crippen LogP contribution in [0.4, 0.5) is 5.69 Å². The van der Waals surface area contributed by atoms with Crippen molar-refractivity contribution in [3.05, 3.63) is 24.3 Å². The Balaban J connectivity index is 2.36. The summed E-state index contributed by atoms with van der Waals surface area (Å²) in [6.45, 7) is 3.79. The van der Waals surface area contributed by atoms with Crippen LogP contribution >= 0.6 is 0 Å². The smallest absolute Gasteiger partial charge is 0.250 e. The van der Waals surface area contributed by atoms with Gasteiger partial charge in [-0.2, -0.15) is 0 Å². The number of piperazine rings is 1. The monoisotopic (exact) mass is 276 g/mol. The van der Waals surface area contributed by atoms with Gasteiger partial charge in [0.25, 0.3) is 0 Å². The molecule has 0 radical (unpaired) electrons. The third kappa shape index (κ3) is 2.48. The van der Waals surface area contributed by atoms with E-state index in [-0.39, 0.29) is 11.8 Å². The maximum absolute atomic E-state index is 12.5. The lowest BCUT2D eigenvalue weighted by Gasteiger charge is -2.38. The van der Waals surface area contributed by atoms with Crippen LogP contribution in [0.3, 0.4) is 0 Å². The average molecular weight is 276 g/mol. The molecule has 2 atom stereocenters. The molecule has 1 aliphatic heterocycles. The van der Waals surface area contributed by atoms with E-state index in [1.54, 1.807) is 24.1 Å². The maximum Gasteiger partial charge on any atom is 0.250 e. The fourth-order valence-electron chi connectivity index (χ4n) is 2.46. The summed E-state index contributed by atoms with van der Waals surface area (Å²) >= 11 is 0. The molecule has 2 rings (SSSR count). The Morgan fingerprint density at radius 2 is 1.80 bits per heavy atom. The van der Waals surface area contributed by atoms with Crippen molar-refractivity contribution in [2.75, 3.05) is 12.0 Å². The molecule has 1 aliphatic rings. The number of nitrogens with one attached hydrogen (secondary N) is 1. The van der Waals surface area contributed by atoms with E-state index in [1.807, 2.05) is 26.0 Å². The van der Waals surface area contributed by atoms with Gasteiger partial charge in [0.15, 0.2) is 0 Å². The number of anilines is 1. The van der Waals surface area contributed by atoms with Gasteiger partial charge in [0.2, 0.25) is 11.8 Å². The molecule has 5 nitrogen and oxygen atoms in total. The summed E-state index contributed by atoms with van der Waals surface area (Å²) in [7, 11) is 1.59. The molecule has 1 N–H and O–H groups in total. The van der Waals surface area contributed by atoms with Crippen molar-refractivity contribution in [1.29, 1.82) is 0 Å². The predicted octanol–water partition coefficient (Wildman–Crippen LogP) is 1.72. The summed E-state index contributed by atoms with van der Waals surface area (Å²) in [6.07, 6.45) is 1.17. The van der Waals surface area contributed by atoms with Crippen LogP contribution in [-0.4, -0.2) is 31.0 Å². The summed E-state index contributed by atoms with van der Waals surface area (Å²) < 4.78 is 5.12. The van der Waals surface area contributed by atoms with E-state index < -0.39 is 12.1 Å². The van der Waals surface area contributed by atoms with Gasteiger partial charge in [-0.3, -0.25) is 14.5 Å². The third-order valence-corrected chi connectivity index (χ3v) is 3.61. The number of hydrogen-bond donors (Lipinski definition) is 1. The minimum atomic E-state index is -0.446. The summed E-state index contributed by atoms with van der Waals surface area (Å²) in [5.41, 5.74) is 0.732. The van der Waals surface area contributed by atoms with E-state index in [9.17, 15) is 9.59 Å². The molecule has 108 valence electrons. The molecule has 2 unspecified atom stereocenters. The van der Waals surface area contributed by atoms with Gasteiger partial charge in [0.1, 0.15) is 17.8 Å². The first-order valence-electron chi connectivity index (χ1n) is 6.89. The molecule has 0 spiro atoms. The Labute approximate surface area is 118 Å². The Kier molecular flexibility index (Phi) is 4.27. The summed E-state index contributed by atoms with van der Waals surface area (Å²) in [6, 6.07) is 6.33. The van der Waals surface area contributed by atoms with Crippen LogP contribution in [0.2, 0.25) is 0 Å². The van der Waals surface area contributed by atoms with E-state index in [4.69, 9.17) is 4.74 Å². The van der Waals surface area contributed by atoms with Gasteiger partial charge in [-0.1, -0.05) is 13.8 Å². The van der Waals surface area contributed by atoms with E-state index in [0.717, 1.165) is 11.4 Å². The number of benzene rings is 1. The lowest BCUT2D eigenvalue weighted by Crippen LogP contribution is -2.63. The van der Waals surface area contributed by atoms with Crippen molar-refractivity contribution in [2.24, 2.45) is 0 Å². The summed E-state index contributed by atoms with van der Waals surface area (Å²) in [5, 5.41) is 2.78. The maximum atomic E-state index is 12.5. The van der Waals surface area contributed by atoms with Crippen molar-refractivity contribution >= 4 is 17.5 Å². The van der Waals surface area contributed by atoms with Gasteiger partial charge >= 0.3 is 0 Å². The standard InChI is InChI=1S/C15H20N2O3/c1-4-12-15(19)17(13(5-2)14(18)16-12)10-6-8-11(20-3)9-7-10/h6-9,12-13H,4-5H2,1-3H3,(H,16,18). The minimum absolute atomic E-state index is 0.0517. The number of amides is 2. The quantitative estimate of drug-likeness (QED) is 0.911. The van der Waals surface area contributed by atoms with Gasteiger partial charge in [-0.15, -0.1) is 0 Å². The lowest BCUT2D eigenvalue weighted by atomic mass is 10.0. The first-order valence-corrected chi connectivity index (χ1v) is 6.89. The number of hydrogen-bond acceptors (Lipinski definition) is 3. The first kappa shape index (κ1) is 14.4. The molecule has 0 aliphatic carbocycles. The van der Waals surface area contributed by atoms with Crippen molar-refractivity contribution < 1.29 is 14.3 Å². The van der Waals surface area contributed by atoms with Crippen LogP contribution in [0.15, 0.2) is 24.3 Å². The molecular weight excluding hydrogens is 256 g/mol. The molecule has 1 aromatic carbocycles. The normalized spacial score (nSPS) is 22.6. The van der Waals surface area contributed by atoms with Gasteiger partial charge in [-0.25, -0.2) is 0 Å². The fraction of sp³-hybridized carbons (Fsp3) is 0.467. The van der Waals surface area contributed by atoms with Crippen LogP contribution in [-0.2, 0) is 9.59 Å². The predicted molar refractivity (Wildman–Crippen MR) is 76.8 cm³/mol. The topological polar surface area (TPSA) is 58.6 Å². The Morgan fingerprint density at radius 3 is 2.30 bits per heavy atom. The van der Waals surface area contributed by atoms with E-state index in [2.05, 4.69) is 5.32 Å². The van der Waals surface area contributed by atoms with Crippen LogP contribution in [0.25, 0.3) is 0 Å². The average Bonchev–Trinajstić information content (AvgIpc) is 2.48. The van der Waals surface area contributed by atoms with Crippen molar-refractivity contribution in [1.82, 2.24) is 5.32 Å². The second-order valence-electron chi connectivity index (χ2n) is 4.80. The lowest BCUT2D eigenvalue weighted by molar-refractivity contribution is -0.134. The molecular formula is C15H20N2O3. The van der Waals surface area contributed by atoms with Crippen LogP contribution < -0.4 is 15.0 Å². The highest BCUT2D eigenvalue weighted by Crippen LogP contribution is 2.25. The minimum Gasteiger partial charge on any atom is -0.497 e. The molecule has 0 bridgehead atoms. The SMILES string of the molecule is CCC1NC(=O)C(CC)N(c2ccc(OC)cc2)C1=O. The zero-order valence-corrected chi connectivity index (χ0v) is 12.1. The number of carbonyl (C=O) groups excluding carboxylic acids is 2. The van der Waals surface area contributed by atoms with Crippen molar-refractivity contribution in [3.63, 3.8) is 0 Å². The highest BCUT2D eigenvalue weighted by Gasteiger charge is 2.39. The first-order chi connectivity index (χ1) is 9.62. The highest BCUT2D eigenvalue weighted by atomic mass is 16.5. The van der Waals surface area contributed by atoms with E-state index >= 15 is 0 Å². The van der Waals surface area contributed by atoms with Gasteiger partial charge in [0.05, 0.1) is 7.11 Å². The molecule has 0 saturated carbocycles. The van der Waals surface area contributed by atoms with Gasteiger partial charge in [0, 0.05) is 5.69 Å². The zero-order chi connectivity index (χ0) is 14.7. The van der Waals surface area contributed by atoms with Crippen LogP contribution in [0.5, 0.6) is 5.75 Å².